The van der Waals surface area contributed by atoms with Crippen molar-refractivity contribution in [1.82, 2.24) is 9.62 Å². The van der Waals surface area contributed by atoms with Crippen LogP contribution in [0, 0.1) is 5.89 Å². The van der Waals surface area contributed by atoms with Crippen molar-refractivity contribution in [2.24, 2.45) is 5.89 Å². The number of hydrogen-bond acceptors (Lipinski definition) is 5. The molecule has 1 aromatic carbocycles. The van der Waals surface area contributed by atoms with Crippen LogP contribution in [-0.2, 0) is 14.8 Å². The summed E-state index contributed by atoms with van der Waals surface area (Å²) in [6.45, 7) is -9.85. The summed E-state index contributed by atoms with van der Waals surface area (Å²) in [6.07, 6.45) is -0.0713. The average molecular weight is 427 g/mol. The molecule has 0 saturated carbocycles. The number of nitrogens with zero attached hydrogens (tertiary/aromatic N) is 2. The second-order valence-electron chi connectivity index (χ2n) is 5.91. The van der Waals surface area contributed by atoms with E-state index in [0.29, 0.717) is 5.31 Å². The number of sulfonamides is 1. The van der Waals surface area contributed by atoms with Crippen molar-refractivity contribution in [3.05, 3.63) is 24.2 Å². The second-order valence-corrected chi connectivity index (χ2v) is 7.32. The maximum atomic E-state index is 12.8. The van der Waals surface area contributed by atoms with E-state index in [1.807, 2.05) is 0 Å². The quantitative estimate of drug-likeness (QED) is 0.560. The minimum absolute atomic E-state index is 0.0209. The van der Waals surface area contributed by atoms with Gasteiger partial charge in [0.15, 0.2) is 1.41 Å². The summed E-state index contributed by atoms with van der Waals surface area (Å²) < 4.78 is 151. The highest BCUT2D eigenvalue weighted by atomic mass is 32.2. The SMILES string of the molecule is [2H]c1cc([2H])c(N([2H])C(C)=O)c([2H])c1N1CC([2H])N(CCCCN([2H])S(=O)(=O)C([2H])([2H])C([2H])(C([2H])([2H])[2H])C([2H])([2H])[2H])C([2H])C1. The summed E-state index contributed by atoms with van der Waals surface area (Å²) in [7, 11) is -5.61. The van der Waals surface area contributed by atoms with Crippen LogP contribution >= 0.6 is 0 Å². The molecule has 158 valence electrons. The van der Waals surface area contributed by atoms with Gasteiger partial charge in [-0.05, 0) is 43.4 Å². The Morgan fingerprint density at radius 2 is 2.18 bits per heavy atom. The van der Waals surface area contributed by atoms with Crippen LogP contribution < -0.4 is 14.9 Å². The minimum Gasteiger partial charge on any atom is -0.369 e. The lowest BCUT2D eigenvalue weighted by molar-refractivity contribution is -0.114. The van der Waals surface area contributed by atoms with E-state index in [1.165, 1.54) is 9.80 Å². The lowest BCUT2D eigenvalue weighted by Crippen LogP contribution is -2.46. The third-order valence-corrected chi connectivity index (χ3v) is 4.61. The number of nitrogens with one attached hydrogen (secondary N) is 2. The van der Waals surface area contributed by atoms with Gasteiger partial charge in [-0.25, -0.2) is 13.1 Å². The van der Waals surface area contributed by atoms with Gasteiger partial charge in [0.05, 0.1) is 9.82 Å². The number of unbranched alkanes of at least 4 members (excludes halogenated alkanes) is 1. The predicted molar refractivity (Wildman–Crippen MR) is 115 cm³/mol. The molecule has 2 N–H and O–H groups in total. The number of hydrogen-bond donors (Lipinski definition) is 2. The van der Waals surface area contributed by atoms with Gasteiger partial charge in [-0.2, -0.15) is 0 Å². The highest BCUT2D eigenvalue weighted by molar-refractivity contribution is 7.89. The molecule has 1 amide bonds. The van der Waals surface area contributed by atoms with E-state index < -0.39 is 66.9 Å². The fourth-order valence-electron chi connectivity index (χ4n) is 2.42. The highest BCUT2D eigenvalue weighted by Crippen LogP contribution is 2.21. The van der Waals surface area contributed by atoms with Crippen molar-refractivity contribution in [2.75, 3.05) is 55.1 Å². The standard InChI is InChI=1S/C20H34N4O3S/c1-17(2)16-28(26,27)21-9-4-5-10-23-11-13-24(14-12-23)20-8-6-7-19(15-20)22-18(3)25/h6-8,15,17,21H,4-5,9-14,16H2,1-3H3,(H,22,25)/i1D3,2D3,7D,8D,11D,12D,15D,16D2,17D/hD2. The summed E-state index contributed by atoms with van der Waals surface area (Å²) in [5.41, 5.74) is -4.62. The lowest BCUT2D eigenvalue weighted by Gasteiger charge is -2.36. The minimum atomic E-state index is -5.61. The molecule has 8 heteroatoms. The fourth-order valence-corrected chi connectivity index (χ4v) is 3.11. The van der Waals surface area contributed by atoms with Crippen LogP contribution in [-0.4, -0.2) is 64.2 Å². The molecule has 2 rings (SSSR count). The number of amides is 1. The third kappa shape index (κ3) is 8.16. The topological polar surface area (TPSA) is 81.8 Å². The number of rotatable bonds is 10. The Kier molecular flexibility index (Phi) is 3.47. The number of carbonyl (C=O) groups is 1. The first-order valence-electron chi connectivity index (χ1n) is 16.6. The first-order chi connectivity index (χ1) is 19.8. The normalized spacial score (nSPS) is 31.3. The van der Waals surface area contributed by atoms with Crippen LogP contribution in [0.3, 0.4) is 0 Å². The van der Waals surface area contributed by atoms with Crippen LogP contribution in [0.5, 0.6) is 0 Å². The van der Waals surface area contributed by atoms with Crippen molar-refractivity contribution in [3.8, 4) is 0 Å². The molecule has 1 fully saturated rings. The van der Waals surface area contributed by atoms with Crippen molar-refractivity contribution >= 4 is 27.3 Å². The van der Waals surface area contributed by atoms with Gasteiger partial charge in [-0.3, -0.25) is 9.69 Å². The molecular weight excluding hydrogens is 376 g/mol. The summed E-state index contributed by atoms with van der Waals surface area (Å²) in [6, 6.07) is -0.0486. The Hall–Kier alpha value is -1.64. The zero-order chi connectivity index (χ0) is 34.4. The Bertz CT molecular complexity index is 1300. The van der Waals surface area contributed by atoms with Gasteiger partial charge in [0, 0.05) is 66.1 Å². The molecule has 1 aliphatic heterocycles. The highest BCUT2D eigenvalue weighted by Gasteiger charge is 2.17. The van der Waals surface area contributed by atoms with E-state index >= 15 is 0 Å². The molecule has 0 radical (unpaired) electrons. The maximum absolute atomic E-state index is 12.8. The number of benzene rings is 1. The molecule has 0 bridgehead atoms. The number of piperazine rings is 1. The van der Waals surface area contributed by atoms with Gasteiger partial charge in [-0.1, -0.05) is 19.8 Å². The molecule has 28 heavy (non-hydrogen) atoms. The average Bonchev–Trinajstić information content (AvgIpc) is 2.84. The van der Waals surface area contributed by atoms with Crippen molar-refractivity contribution in [2.45, 2.75) is 33.5 Å². The van der Waals surface area contributed by atoms with Gasteiger partial charge in [0.1, 0.15) is 1.41 Å². The van der Waals surface area contributed by atoms with Crippen LogP contribution in [0.2, 0.25) is 2.82 Å². The molecule has 2 atom stereocenters. The van der Waals surface area contributed by atoms with Gasteiger partial charge in [0.25, 0.3) is 0 Å². The summed E-state index contributed by atoms with van der Waals surface area (Å²) in [5.74, 6) is -4.87. The largest absolute Gasteiger partial charge is 0.369 e. The summed E-state index contributed by atoms with van der Waals surface area (Å²) in [5, 5.41) is 0.359. The fraction of sp³-hybridized carbons (Fsp3) is 0.650. The molecule has 7 nitrogen and oxygen atoms in total. The molecule has 1 aromatic rings. The third-order valence-electron chi connectivity index (χ3n) is 3.63. The molecule has 1 aliphatic rings. The second kappa shape index (κ2) is 10.8. The zero-order valence-corrected chi connectivity index (χ0v) is 16.2. The first kappa shape index (κ1) is 9.02. The van der Waals surface area contributed by atoms with Gasteiger partial charge in [-0.15, -0.1) is 0 Å². The van der Waals surface area contributed by atoms with Crippen molar-refractivity contribution in [3.63, 3.8) is 0 Å². The molecule has 1 saturated heterocycles. The molecule has 2 unspecified atom stereocenters. The first-order valence-corrected chi connectivity index (χ1v) is 9.96. The molecular formula is C20H34N4O3S. The zero-order valence-electron chi connectivity index (χ0n) is 31.4. The smallest absolute Gasteiger partial charge is 0.221 e. The van der Waals surface area contributed by atoms with E-state index in [2.05, 4.69) is 0 Å². The van der Waals surface area contributed by atoms with Crippen LogP contribution in [0.1, 0.15) is 52.7 Å². The van der Waals surface area contributed by atoms with E-state index in [-0.39, 0.29) is 60.7 Å². The van der Waals surface area contributed by atoms with Gasteiger partial charge < -0.3 is 10.2 Å². The summed E-state index contributed by atoms with van der Waals surface area (Å²) in [4.78, 5) is 14.5. The Morgan fingerprint density at radius 3 is 2.86 bits per heavy atom. The molecule has 1 heterocycles. The van der Waals surface area contributed by atoms with E-state index in [4.69, 9.17) is 22.0 Å². The number of carbonyl (C=O) groups excluding carboxylic acids is 1. The van der Waals surface area contributed by atoms with Gasteiger partial charge in [0.2, 0.25) is 15.9 Å². The van der Waals surface area contributed by atoms with E-state index in [9.17, 15) is 13.2 Å². The Labute approximate surface area is 192 Å². The molecule has 0 aliphatic carbocycles. The molecule has 0 aromatic heterocycles. The predicted octanol–water partition coefficient (Wildman–Crippen LogP) is 2.12. The maximum Gasteiger partial charge on any atom is 0.221 e. The van der Waals surface area contributed by atoms with Crippen LogP contribution in [0.15, 0.2) is 24.2 Å². The van der Waals surface area contributed by atoms with E-state index in [1.54, 1.807) is 0 Å². The van der Waals surface area contributed by atoms with Crippen LogP contribution in [0.4, 0.5) is 11.4 Å². The van der Waals surface area contributed by atoms with Crippen molar-refractivity contribution in [1.29, 1.82) is 0 Å². The number of anilines is 2. The van der Waals surface area contributed by atoms with Gasteiger partial charge >= 0.3 is 0 Å². The Balaban J connectivity index is 2.13. The summed E-state index contributed by atoms with van der Waals surface area (Å²) >= 11 is 0. The monoisotopic (exact) mass is 426 g/mol. The van der Waals surface area contributed by atoms with Crippen molar-refractivity contribution < 1.29 is 35.2 Å². The Morgan fingerprint density at radius 1 is 1.43 bits per heavy atom. The molecule has 0 spiro atoms. The lowest BCUT2D eigenvalue weighted by atomic mass is 10.2. The van der Waals surface area contributed by atoms with E-state index in [0.717, 1.165) is 13.0 Å². The van der Waals surface area contributed by atoms with Crippen LogP contribution in [0.25, 0.3) is 0 Å².